The van der Waals surface area contributed by atoms with Crippen molar-refractivity contribution in [3.63, 3.8) is 0 Å². The average Bonchev–Trinajstić information content (AvgIpc) is 2.65. The van der Waals surface area contributed by atoms with Gasteiger partial charge in [0.15, 0.2) is 6.61 Å². The maximum absolute atomic E-state index is 13.1. The molecule has 2 rings (SSSR count). The summed E-state index contributed by atoms with van der Waals surface area (Å²) in [5.41, 5.74) is 5.15. The van der Waals surface area contributed by atoms with Crippen molar-refractivity contribution in [1.29, 1.82) is 0 Å². The average molecular weight is 383 g/mol. The third kappa shape index (κ3) is 5.89. The largest absolute Gasteiger partial charge is 0.484 e. The van der Waals surface area contributed by atoms with Crippen molar-refractivity contribution < 1.29 is 23.1 Å². The predicted octanol–water partition coefficient (Wildman–Crippen LogP) is 2.18. The summed E-state index contributed by atoms with van der Waals surface area (Å²) in [5.74, 6) is -3.39. The van der Waals surface area contributed by atoms with Crippen molar-refractivity contribution >= 4 is 11.8 Å². The number of hydrogen-bond acceptors (Lipinski definition) is 4. The van der Waals surface area contributed by atoms with Crippen molar-refractivity contribution in [1.82, 2.24) is 10.2 Å². The fourth-order valence-electron chi connectivity index (χ4n) is 3.22. The molecule has 0 saturated carbocycles. The van der Waals surface area contributed by atoms with Gasteiger partial charge in [0.2, 0.25) is 0 Å². The van der Waals surface area contributed by atoms with Crippen LogP contribution in [0, 0.1) is 0 Å². The van der Waals surface area contributed by atoms with Gasteiger partial charge in [-0.25, -0.2) is 8.78 Å². The number of carbonyl (C=O) groups excluding carboxylic acids is 2. The topological polar surface area (TPSA) is 84.7 Å². The minimum Gasteiger partial charge on any atom is -0.484 e. The van der Waals surface area contributed by atoms with Crippen molar-refractivity contribution in [2.75, 3.05) is 19.7 Å². The molecule has 1 aliphatic rings. The Balaban J connectivity index is 1.86. The van der Waals surface area contributed by atoms with Crippen LogP contribution in [0.2, 0.25) is 0 Å². The van der Waals surface area contributed by atoms with Crippen LogP contribution in [0.5, 0.6) is 5.75 Å². The highest BCUT2D eigenvalue weighted by atomic mass is 19.3. The van der Waals surface area contributed by atoms with Crippen LogP contribution in [0.25, 0.3) is 0 Å². The molecule has 0 aliphatic carbocycles. The van der Waals surface area contributed by atoms with Gasteiger partial charge in [-0.15, -0.1) is 0 Å². The SMILES string of the molecule is CC1CCCC(C)N1C(=O)COc1ccc(C(=O)NCC(F)(F)CN)cc1. The Hall–Kier alpha value is -2.22. The van der Waals surface area contributed by atoms with Crippen molar-refractivity contribution in [3.05, 3.63) is 29.8 Å². The van der Waals surface area contributed by atoms with E-state index in [1.165, 1.54) is 24.3 Å². The van der Waals surface area contributed by atoms with Gasteiger partial charge in [0.25, 0.3) is 17.7 Å². The van der Waals surface area contributed by atoms with Crippen molar-refractivity contribution in [2.45, 2.75) is 51.1 Å². The molecule has 27 heavy (non-hydrogen) atoms. The summed E-state index contributed by atoms with van der Waals surface area (Å²) in [4.78, 5) is 26.2. The summed E-state index contributed by atoms with van der Waals surface area (Å²) in [6.45, 7) is 2.34. The van der Waals surface area contributed by atoms with Gasteiger partial charge < -0.3 is 20.7 Å². The Morgan fingerprint density at radius 2 is 1.81 bits per heavy atom. The molecule has 1 aromatic rings. The van der Waals surface area contributed by atoms with Crippen LogP contribution in [0.15, 0.2) is 24.3 Å². The molecule has 0 bridgehead atoms. The van der Waals surface area contributed by atoms with Crippen LogP contribution >= 0.6 is 0 Å². The maximum atomic E-state index is 13.1. The molecule has 0 aromatic heterocycles. The minimum absolute atomic E-state index is 0.0689. The second-order valence-corrected chi connectivity index (χ2v) is 6.99. The number of nitrogens with zero attached hydrogens (tertiary/aromatic N) is 1. The van der Waals surface area contributed by atoms with Crippen LogP contribution in [-0.2, 0) is 4.79 Å². The molecule has 2 unspecified atom stereocenters. The zero-order valence-corrected chi connectivity index (χ0v) is 15.7. The second-order valence-electron chi connectivity index (χ2n) is 6.99. The van der Waals surface area contributed by atoms with E-state index >= 15 is 0 Å². The van der Waals surface area contributed by atoms with Gasteiger partial charge in [-0.3, -0.25) is 9.59 Å². The lowest BCUT2D eigenvalue weighted by Gasteiger charge is -2.38. The predicted molar refractivity (Wildman–Crippen MR) is 97.9 cm³/mol. The fraction of sp³-hybridized carbons (Fsp3) is 0.579. The van der Waals surface area contributed by atoms with Gasteiger partial charge in [0.1, 0.15) is 5.75 Å². The van der Waals surface area contributed by atoms with E-state index in [1.54, 1.807) is 0 Å². The summed E-state index contributed by atoms with van der Waals surface area (Å²) in [6, 6.07) is 6.38. The Morgan fingerprint density at radius 3 is 2.37 bits per heavy atom. The molecule has 1 saturated heterocycles. The van der Waals surface area contributed by atoms with E-state index in [4.69, 9.17) is 10.5 Å². The zero-order chi connectivity index (χ0) is 20.0. The Morgan fingerprint density at radius 1 is 1.22 bits per heavy atom. The van der Waals surface area contributed by atoms with Crippen LogP contribution in [0.1, 0.15) is 43.5 Å². The smallest absolute Gasteiger partial charge is 0.277 e. The van der Waals surface area contributed by atoms with Crippen LogP contribution < -0.4 is 15.8 Å². The fourth-order valence-corrected chi connectivity index (χ4v) is 3.22. The highest BCUT2D eigenvalue weighted by Crippen LogP contribution is 2.23. The maximum Gasteiger partial charge on any atom is 0.277 e. The lowest BCUT2D eigenvalue weighted by molar-refractivity contribution is -0.139. The number of piperidine rings is 1. The Bertz CT molecular complexity index is 642. The summed E-state index contributed by atoms with van der Waals surface area (Å²) < 4.78 is 31.7. The Kier molecular flexibility index (Phi) is 7.12. The van der Waals surface area contributed by atoms with E-state index < -0.39 is 24.9 Å². The molecular formula is C19H27F2N3O3. The van der Waals surface area contributed by atoms with Crippen molar-refractivity contribution in [2.24, 2.45) is 5.73 Å². The molecular weight excluding hydrogens is 356 g/mol. The summed E-state index contributed by atoms with van der Waals surface area (Å²) in [7, 11) is 0. The monoisotopic (exact) mass is 383 g/mol. The Labute approximate surface area is 158 Å². The standard InChI is InChI=1S/C19H27F2N3O3/c1-13-4-3-5-14(2)24(13)17(25)10-27-16-8-6-15(7-9-16)18(26)23-12-19(20,21)11-22/h6-9,13-14H,3-5,10-12,22H2,1-2H3,(H,23,26). The van der Waals surface area contributed by atoms with Crippen LogP contribution in [0.3, 0.4) is 0 Å². The third-order valence-corrected chi connectivity index (χ3v) is 4.77. The van der Waals surface area contributed by atoms with E-state index in [2.05, 4.69) is 5.32 Å². The zero-order valence-electron chi connectivity index (χ0n) is 15.7. The highest BCUT2D eigenvalue weighted by molar-refractivity contribution is 5.94. The van der Waals surface area contributed by atoms with E-state index in [0.29, 0.717) is 5.75 Å². The number of ether oxygens (including phenoxy) is 1. The van der Waals surface area contributed by atoms with Gasteiger partial charge in [0.05, 0.1) is 13.1 Å². The van der Waals surface area contributed by atoms with Crippen LogP contribution in [0.4, 0.5) is 8.78 Å². The highest BCUT2D eigenvalue weighted by Gasteiger charge is 2.29. The van der Waals surface area contributed by atoms with E-state index in [0.717, 1.165) is 19.3 Å². The number of likely N-dealkylation sites (tertiary alicyclic amines) is 1. The normalized spacial score (nSPS) is 20.3. The van der Waals surface area contributed by atoms with E-state index in [9.17, 15) is 18.4 Å². The molecule has 2 atom stereocenters. The van der Waals surface area contributed by atoms with Gasteiger partial charge in [-0.1, -0.05) is 0 Å². The molecule has 8 heteroatoms. The molecule has 1 aromatic carbocycles. The van der Waals surface area contributed by atoms with Gasteiger partial charge >= 0.3 is 0 Å². The number of benzene rings is 1. The van der Waals surface area contributed by atoms with E-state index in [1.807, 2.05) is 18.7 Å². The number of rotatable bonds is 7. The van der Waals surface area contributed by atoms with Crippen LogP contribution in [-0.4, -0.2) is 54.4 Å². The molecule has 6 nitrogen and oxygen atoms in total. The number of carbonyl (C=O) groups is 2. The first kappa shape index (κ1) is 21.1. The van der Waals surface area contributed by atoms with Gasteiger partial charge in [-0.2, -0.15) is 0 Å². The molecule has 1 aliphatic heterocycles. The first-order valence-electron chi connectivity index (χ1n) is 9.13. The molecule has 0 radical (unpaired) electrons. The van der Waals surface area contributed by atoms with E-state index in [-0.39, 0.29) is 30.2 Å². The summed E-state index contributed by atoms with van der Waals surface area (Å²) >= 11 is 0. The molecule has 2 amide bonds. The van der Waals surface area contributed by atoms with Gasteiger partial charge in [-0.05, 0) is 57.4 Å². The molecule has 1 heterocycles. The number of hydrogen-bond donors (Lipinski definition) is 2. The molecule has 3 N–H and O–H groups in total. The second kappa shape index (κ2) is 9.12. The third-order valence-electron chi connectivity index (χ3n) is 4.77. The molecule has 1 fully saturated rings. The minimum atomic E-state index is -3.14. The molecule has 0 spiro atoms. The number of nitrogens with one attached hydrogen (secondary N) is 1. The number of amides is 2. The number of halogens is 2. The van der Waals surface area contributed by atoms with Gasteiger partial charge in [0, 0.05) is 17.6 Å². The molecule has 150 valence electrons. The number of alkyl halides is 2. The summed E-state index contributed by atoms with van der Waals surface area (Å²) in [5, 5.41) is 2.14. The lowest BCUT2D eigenvalue weighted by atomic mass is 9.97. The lowest BCUT2D eigenvalue weighted by Crippen LogP contribution is -2.49. The summed E-state index contributed by atoms with van der Waals surface area (Å²) in [6.07, 6.45) is 3.10. The first-order chi connectivity index (χ1) is 12.7. The first-order valence-corrected chi connectivity index (χ1v) is 9.13. The quantitative estimate of drug-likeness (QED) is 0.756. The number of nitrogens with two attached hydrogens (primary N) is 1. The van der Waals surface area contributed by atoms with Crippen molar-refractivity contribution in [3.8, 4) is 5.75 Å².